The van der Waals surface area contributed by atoms with Crippen molar-refractivity contribution in [1.82, 2.24) is 14.5 Å². The quantitative estimate of drug-likeness (QED) is 0.697. The van der Waals surface area contributed by atoms with E-state index in [0.29, 0.717) is 29.1 Å². The Labute approximate surface area is 159 Å². The average molecular weight is 389 g/mol. The number of primary amides is 1. The van der Waals surface area contributed by atoms with Crippen molar-refractivity contribution in [1.29, 1.82) is 0 Å². The van der Waals surface area contributed by atoms with Gasteiger partial charge >= 0.3 is 6.18 Å². The summed E-state index contributed by atoms with van der Waals surface area (Å²) >= 11 is 0. The van der Waals surface area contributed by atoms with Crippen molar-refractivity contribution < 1.29 is 18.0 Å². The van der Waals surface area contributed by atoms with Gasteiger partial charge in [-0.15, -0.1) is 0 Å². The second-order valence-electron chi connectivity index (χ2n) is 6.08. The molecule has 0 radical (unpaired) electrons. The number of anilines is 1. The second kappa shape index (κ2) is 7.34. The monoisotopic (exact) mass is 389 g/mol. The van der Waals surface area contributed by atoms with Gasteiger partial charge in [0.25, 0.3) is 5.91 Å². The first-order chi connectivity index (χ1) is 13.2. The van der Waals surface area contributed by atoms with Crippen LogP contribution in [0.15, 0.2) is 42.9 Å². The van der Waals surface area contributed by atoms with Crippen LogP contribution in [0.2, 0.25) is 0 Å². The van der Waals surface area contributed by atoms with Crippen LogP contribution in [-0.2, 0) is 12.6 Å². The molecule has 0 bridgehead atoms. The summed E-state index contributed by atoms with van der Waals surface area (Å²) in [6, 6.07) is 6.63. The molecule has 1 aromatic carbocycles. The van der Waals surface area contributed by atoms with E-state index in [0.717, 1.165) is 12.1 Å². The SMILES string of the molecule is CCc1ccc(C(F)(F)F)cc1-n1cc(-c2cc(NC)ncn2)cc1C(N)=O. The molecular formula is C19H18F3N5O. The summed E-state index contributed by atoms with van der Waals surface area (Å²) in [5.74, 6) is -0.194. The number of aryl methyl sites for hydroxylation is 1. The lowest BCUT2D eigenvalue weighted by Crippen LogP contribution is -2.17. The molecule has 28 heavy (non-hydrogen) atoms. The largest absolute Gasteiger partial charge is 0.416 e. The number of aromatic nitrogens is 3. The molecule has 1 amide bonds. The highest BCUT2D eigenvalue weighted by Crippen LogP contribution is 2.33. The zero-order valence-corrected chi connectivity index (χ0v) is 15.2. The maximum absolute atomic E-state index is 13.2. The number of nitrogens with one attached hydrogen (secondary N) is 1. The van der Waals surface area contributed by atoms with Gasteiger partial charge in [0.1, 0.15) is 17.8 Å². The number of carbonyl (C=O) groups excluding carboxylic acids is 1. The minimum atomic E-state index is -4.50. The number of nitrogens with two attached hydrogens (primary N) is 1. The summed E-state index contributed by atoms with van der Waals surface area (Å²) in [4.78, 5) is 20.2. The summed E-state index contributed by atoms with van der Waals surface area (Å²) in [6.07, 6.45) is -1.12. The highest BCUT2D eigenvalue weighted by molar-refractivity contribution is 5.93. The van der Waals surface area contributed by atoms with Gasteiger partial charge in [-0.05, 0) is 30.2 Å². The van der Waals surface area contributed by atoms with E-state index < -0.39 is 17.6 Å². The molecule has 9 heteroatoms. The highest BCUT2D eigenvalue weighted by Gasteiger charge is 2.31. The van der Waals surface area contributed by atoms with Gasteiger partial charge in [0, 0.05) is 30.6 Å². The fraction of sp³-hybridized carbons (Fsp3) is 0.211. The number of hydrogen-bond donors (Lipinski definition) is 2. The summed E-state index contributed by atoms with van der Waals surface area (Å²) in [5.41, 5.74) is 6.69. The molecule has 3 rings (SSSR count). The Morgan fingerprint density at radius 3 is 2.57 bits per heavy atom. The Morgan fingerprint density at radius 2 is 1.96 bits per heavy atom. The van der Waals surface area contributed by atoms with E-state index in [4.69, 9.17) is 5.73 Å². The second-order valence-corrected chi connectivity index (χ2v) is 6.08. The van der Waals surface area contributed by atoms with Crippen molar-refractivity contribution in [3.8, 4) is 16.9 Å². The van der Waals surface area contributed by atoms with E-state index in [-0.39, 0.29) is 11.4 Å². The Bertz CT molecular complexity index is 1030. The molecule has 3 aromatic rings. The van der Waals surface area contributed by atoms with Crippen LogP contribution < -0.4 is 11.1 Å². The number of nitrogens with zero attached hydrogens (tertiary/aromatic N) is 3. The van der Waals surface area contributed by atoms with Crippen LogP contribution in [0.4, 0.5) is 19.0 Å². The predicted molar refractivity (Wildman–Crippen MR) is 99.2 cm³/mol. The third-order valence-electron chi connectivity index (χ3n) is 4.34. The van der Waals surface area contributed by atoms with E-state index in [1.54, 1.807) is 19.3 Å². The van der Waals surface area contributed by atoms with Crippen LogP contribution in [-0.4, -0.2) is 27.5 Å². The number of halogens is 3. The van der Waals surface area contributed by atoms with E-state index >= 15 is 0 Å². The number of rotatable bonds is 5. The molecule has 0 aliphatic rings. The van der Waals surface area contributed by atoms with Gasteiger partial charge in [-0.1, -0.05) is 13.0 Å². The molecule has 146 valence electrons. The molecule has 2 aromatic heterocycles. The fourth-order valence-electron chi connectivity index (χ4n) is 2.91. The molecule has 3 N–H and O–H groups in total. The Kier molecular flexibility index (Phi) is 5.08. The molecule has 0 spiro atoms. The predicted octanol–water partition coefficient (Wildman–Crippen LogP) is 3.66. The lowest BCUT2D eigenvalue weighted by atomic mass is 10.1. The van der Waals surface area contributed by atoms with Gasteiger partial charge in [-0.3, -0.25) is 4.79 Å². The minimum absolute atomic E-state index is 0.0636. The normalized spacial score (nSPS) is 11.5. The smallest absolute Gasteiger partial charge is 0.373 e. The van der Waals surface area contributed by atoms with Crippen molar-refractivity contribution in [2.75, 3.05) is 12.4 Å². The van der Waals surface area contributed by atoms with Gasteiger partial charge < -0.3 is 15.6 Å². The maximum Gasteiger partial charge on any atom is 0.416 e. The van der Waals surface area contributed by atoms with Crippen molar-refractivity contribution >= 4 is 11.7 Å². The number of carbonyl (C=O) groups is 1. The fourth-order valence-corrected chi connectivity index (χ4v) is 2.91. The molecule has 0 aliphatic heterocycles. The van der Waals surface area contributed by atoms with E-state index in [1.165, 1.54) is 23.0 Å². The van der Waals surface area contributed by atoms with Crippen LogP contribution in [0.25, 0.3) is 16.9 Å². The lowest BCUT2D eigenvalue weighted by molar-refractivity contribution is -0.137. The van der Waals surface area contributed by atoms with E-state index in [1.807, 2.05) is 6.92 Å². The molecule has 0 unspecified atom stereocenters. The number of amides is 1. The molecular weight excluding hydrogens is 371 g/mol. The number of hydrogen-bond acceptors (Lipinski definition) is 4. The third kappa shape index (κ3) is 3.68. The van der Waals surface area contributed by atoms with Gasteiger partial charge in [-0.25, -0.2) is 9.97 Å². The zero-order chi connectivity index (χ0) is 20.5. The molecule has 0 saturated heterocycles. The molecule has 0 aliphatic carbocycles. The maximum atomic E-state index is 13.2. The zero-order valence-electron chi connectivity index (χ0n) is 15.2. The molecule has 0 saturated carbocycles. The topological polar surface area (TPSA) is 85.8 Å². The molecule has 0 atom stereocenters. The van der Waals surface area contributed by atoms with Crippen LogP contribution in [0.3, 0.4) is 0 Å². The summed E-state index contributed by atoms with van der Waals surface area (Å²) in [7, 11) is 1.70. The van der Waals surface area contributed by atoms with Gasteiger partial charge in [-0.2, -0.15) is 13.2 Å². The van der Waals surface area contributed by atoms with Crippen molar-refractivity contribution in [2.45, 2.75) is 19.5 Å². The first kappa shape index (κ1) is 19.4. The first-order valence-corrected chi connectivity index (χ1v) is 8.47. The highest BCUT2D eigenvalue weighted by atomic mass is 19.4. The first-order valence-electron chi connectivity index (χ1n) is 8.47. The summed E-state index contributed by atoms with van der Waals surface area (Å²) in [6.45, 7) is 1.82. The number of benzene rings is 1. The lowest BCUT2D eigenvalue weighted by Gasteiger charge is -2.15. The number of alkyl halides is 3. The van der Waals surface area contributed by atoms with Crippen LogP contribution >= 0.6 is 0 Å². The van der Waals surface area contributed by atoms with Crippen molar-refractivity contribution in [3.05, 3.63) is 59.7 Å². The standard InChI is InChI=1S/C19H18F3N5O/c1-3-11-4-5-13(19(20,21)22)7-15(11)27-9-12(6-16(27)18(23)28)14-8-17(24-2)26-10-25-14/h4-10H,3H2,1-2H3,(H2,23,28)(H,24,25,26). The average Bonchev–Trinajstić information content (AvgIpc) is 3.12. The van der Waals surface area contributed by atoms with Crippen LogP contribution in [0.5, 0.6) is 0 Å². The van der Waals surface area contributed by atoms with Crippen LogP contribution in [0, 0.1) is 0 Å². The Hall–Kier alpha value is -3.36. The van der Waals surface area contributed by atoms with Crippen LogP contribution in [0.1, 0.15) is 28.5 Å². The van der Waals surface area contributed by atoms with E-state index in [2.05, 4.69) is 15.3 Å². The van der Waals surface area contributed by atoms with Crippen molar-refractivity contribution in [2.24, 2.45) is 5.73 Å². The third-order valence-corrected chi connectivity index (χ3v) is 4.34. The Morgan fingerprint density at radius 1 is 1.21 bits per heavy atom. The molecule has 2 heterocycles. The Balaban J connectivity index is 2.21. The van der Waals surface area contributed by atoms with Crippen molar-refractivity contribution in [3.63, 3.8) is 0 Å². The van der Waals surface area contributed by atoms with Gasteiger partial charge in [0.15, 0.2) is 0 Å². The van der Waals surface area contributed by atoms with E-state index in [9.17, 15) is 18.0 Å². The summed E-state index contributed by atoms with van der Waals surface area (Å²) in [5, 5.41) is 2.88. The summed E-state index contributed by atoms with van der Waals surface area (Å²) < 4.78 is 41.0. The van der Waals surface area contributed by atoms with Gasteiger partial charge in [0.2, 0.25) is 0 Å². The molecule has 6 nitrogen and oxygen atoms in total. The molecule has 0 fully saturated rings. The minimum Gasteiger partial charge on any atom is -0.373 e. The van der Waals surface area contributed by atoms with Gasteiger partial charge in [0.05, 0.1) is 11.3 Å².